The van der Waals surface area contributed by atoms with E-state index in [1.807, 2.05) is 13.0 Å². The summed E-state index contributed by atoms with van der Waals surface area (Å²) in [6, 6.07) is 11.4. The summed E-state index contributed by atoms with van der Waals surface area (Å²) < 4.78 is 22.4. The summed E-state index contributed by atoms with van der Waals surface area (Å²) >= 11 is 6.15. The molecule has 0 saturated heterocycles. The van der Waals surface area contributed by atoms with Crippen LogP contribution in [0, 0.1) is 23.1 Å². The summed E-state index contributed by atoms with van der Waals surface area (Å²) in [6.45, 7) is 1.70. The lowest BCUT2D eigenvalue weighted by atomic mass is 9.71. The smallest absolute Gasteiger partial charge is 0.257 e. The summed E-state index contributed by atoms with van der Waals surface area (Å²) in [6.07, 6.45) is 4.91. The molecule has 208 valence electrons. The van der Waals surface area contributed by atoms with Crippen LogP contribution in [0.3, 0.4) is 0 Å². The van der Waals surface area contributed by atoms with E-state index in [2.05, 4.69) is 9.97 Å². The molecule has 8 nitrogen and oxygen atoms in total. The lowest BCUT2D eigenvalue weighted by Gasteiger charge is -2.40. The number of aliphatic hydroxyl groups is 2. The van der Waals surface area contributed by atoms with Gasteiger partial charge in [-0.05, 0) is 67.9 Å². The highest BCUT2D eigenvalue weighted by Gasteiger charge is 2.54. The summed E-state index contributed by atoms with van der Waals surface area (Å²) in [5, 5.41) is 31.4. The zero-order valence-electron chi connectivity index (χ0n) is 22.3. The van der Waals surface area contributed by atoms with Gasteiger partial charge in [-0.15, -0.1) is 0 Å². The number of benzene rings is 2. The quantitative estimate of drug-likeness (QED) is 0.423. The van der Waals surface area contributed by atoms with Crippen molar-refractivity contribution in [3.63, 3.8) is 0 Å². The van der Waals surface area contributed by atoms with Crippen molar-refractivity contribution < 1.29 is 24.1 Å². The van der Waals surface area contributed by atoms with Crippen LogP contribution in [0.25, 0.3) is 0 Å². The van der Waals surface area contributed by atoms with Gasteiger partial charge in [-0.1, -0.05) is 30.7 Å². The molecule has 0 bridgehead atoms. The number of nitriles is 1. The van der Waals surface area contributed by atoms with Gasteiger partial charge in [-0.2, -0.15) is 5.26 Å². The van der Waals surface area contributed by atoms with Crippen LogP contribution in [0.15, 0.2) is 48.8 Å². The monoisotopic (exact) mass is 564 g/mol. The van der Waals surface area contributed by atoms with Crippen molar-refractivity contribution in [3.05, 3.63) is 93.3 Å². The molecule has 3 aromatic rings. The van der Waals surface area contributed by atoms with E-state index in [0.29, 0.717) is 48.3 Å². The number of nitrogens with zero attached hydrogens (tertiary/aromatic N) is 4. The predicted octanol–water partition coefficient (Wildman–Crippen LogP) is 4.79. The lowest BCUT2D eigenvalue weighted by Crippen LogP contribution is -2.46. The third-order valence-corrected chi connectivity index (χ3v) is 8.61. The number of aliphatic hydroxyl groups excluding tert-OH is 1. The van der Waals surface area contributed by atoms with Crippen LogP contribution in [0.4, 0.5) is 4.39 Å². The van der Waals surface area contributed by atoms with Gasteiger partial charge in [-0.25, -0.2) is 14.4 Å². The third-order valence-electron chi connectivity index (χ3n) is 8.36. The molecule has 1 aromatic heterocycles. The number of aromatic nitrogens is 2. The molecule has 1 unspecified atom stereocenters. The topological polar surface area (TPSA) is 120 Å². The number of halogens is 2. The van der Waals surface area contributed by atoms with Gasteiger partial charge in [0.1, 0.15) is 17.7 Å². The van der Waals surface area contributed by atoms with Crippen molar-refractivity contribution in [2.24, 2.45) is 5.92 Å². The normalized spacial score (nSPS) is 23.9. The Labute approximate surface area is 237 Å². The van der Waals surface area contributed by atoms with Crippen LogP contribution >= 0.6 is 11.6 Å². The Morgan fingerprint density at radius 3 is 2.42 bits per heavy atom. The van der Waals surface area contributed by atoms with Crippen molar-refractivity contribution in [3.8, 4) is 6.07 Å². The van der Waals surface area contributed by atoms with Gasteiger partial charge in [0.05, 0.1) is 34.9 Å². The number of rotatable bonds is 7. The Kier molecular flexibility index (Phi) is 7.64. The highest BCUT2D eigenvalue weighted by Crippen LogP contribution is 2.49. The van der Waals surface area contributed by atoms with E-state index >= 15 is 4.39 Å². The maximum atomic E-state index is 16.4. The fourth-order valence-electron chi connectivity index (χ4n) is 6.20. The molecule has 1 saturated carbocycles. The van der Waals surface area contributed by atoms with E-state index in [1.54, 1.807) is 30.3 Å². The second-order valence-corrected chi connectivity index (χ2v) is 10.8. The lowest BCUT2D eigenvalue weighted by molar-refractivity contribution is -0.0891. The van der Waals surface area contributed by atoms with Crippen molar-refractivity contribution in [2.75, 3.05) is 7.11 Å². The summed E-state index contributed by atoms with van der Waals surface area (Å²) in [4.78, 5) is 23.9. The highest BCUT2D eigenvalue weighted by molar-refractivity contribution is 6.30. The van der Waals surface area contributed by atoms with Crippen LogP contribution in [0.1, 0.15) is 77.5 Å². The zero-order chi connectivity index (χ0) is 28.7. The molecular weight excluding hydrogens is 535 g/mol. The van der Waals surface area contributed by atoms with Gasteiger partial charge in [-0.3, -0.25) is 9.69 Å². The largest absolute Gasteiger partial charge is 0.393 e. The van der Waals surface area contributed by atoms with Gasteiger partial charge < -0.3 is 14.9 Å². The first-order valence-corrected chi connectivity index (χ1v) is 13.6. The molecule has 2 aliphatic rings. The van der Waals surface area contributed by atoms with Crippen LogP contribution < -0.4 is 0 Å². The first-order valence-electron chi connectivity index (χ1n) is 13.3. The maximum absolute atomic E-state index is 16.4. The van der Waals surface area contributed by atoms with E-state index in [-0.39, 0.29) is 35.0 Å². The average molecular weight is 565 g/mol. The molecule has 2 aromatic carbocycles. The van der Waals surface area contributed by atoms with Crippen LogP contribution in [0.2, 0.25) is 5.02 Å². The van der Waals surface area contributed by atoms with Gasteiger partial charge >= 0.3 is 0 Å². The van der Waals surface area contributed by atoms with E-state index in [9.17, 15) is 15.0 Å². The molecule has 2 heterocycles. The van der Waals surface area contributed by atoms with E-state index in [0.717, 1.165) is 0 Å². The molecule has 1 aliphatic carbocycles. The summed E-state index contributed by atoms with van der Waals surface area (Å²) in [5.41, 5.74) is -1.90. The summed E-state index contributed by atoms with van der Waals surface area (Å²) in [7, 11) is 1.40. The van der Waals surface area contributed by atoms with Crippen molar-refractivity contribution in [2.45, 2.75) is 63.0 Å². The third kappa shape index (κ3) is 4.55. The molecule has 10 heteroatoms. The Morgan fingerprint density at radius 2 is 1.85 bits per heavy atom. The molecule has 2 N–H and O–H groups in total. The fraction of sp³-hybridized carbons (Fsp3) is 0.400. The molecule has 0 radical (unpaired) electrons. The van der Waals surface area contributed by atoms with Gasteiger partial charge in [0, 0.05) is 30.1 Å². The van der Waals surface area contributed by atoms with E-state index < -0.39 is 29.2 Å². The van der Waals surface area contributed by atoms with E-state index in [4.69, 9.17) is 21.6 Å². The number of hydrogen-bond acceptors (Lipinski definition) is 7. The second-order valence-electron chi connectivity index (χ2n) is 10.4. The Bertz CT molecular complexity index is 1450. The minimum absolute atomic E-state index is 0.0252. The Balaban J connectivity index is 1.66. The first-order chi connectivity index (χ1) is 19.2. The molecule has 5 rings (SSSR count). The molecule has 1 fully saturated rings. The van der Waals surface area contributed by atoms with Crippen molar-refractivity contribution in [1.29, 1.82) is 5.26 Å². The number of methoxy groups -OCH3 is 1. The first kappa shape index (κ1) is 28.1. The van der Waals surface area contributed by atoms with Crippen LogP contribution in [-0.2, 0) is 22.6 Å². The number of hydrogen-bond donors (Lipinski definition) is 2. The zero-order valence-corrected chi connectivity index (χ0v) is 23.0. The van der Waals surface area contributed by atoms with Gasteiger partial charge in [0.15, 0.2) is 5.72 Å². The summed E-state index contributed by atoms with van der Waals surface area (Å²) in [5.74, 6) is -1.16. The average Bonchev–Trinajstić information content (AvgIpc) is 3.22. The van der Waals surface area contributed by atoms with Crippen molar-refractivity contribution in [1.82, 2.24) is 14.9 Å². The molecule has 1 aliphatic heterocycles. The Hall–Kier alpha value is -3.42. The standard InChI is InChI=1S/C30H30ClFN4O4/c1-3-29(39,19-6-10-23(37)11-7-19)21-12-24-27(25(32)13-21)30(40-2,20-4-8-22(31)9-5-20)36(28(24)38)17-26-34-15-18(14-33)16-35-26/h4-5,8-9,12-13,15-16,19,23,37,39H,3,6-7,10-11,17H2,1-2H3/t19-,23-,29?,30-/m1/s1. The number of fused-ring (bicyclic) bond motifs is 1. The van der Waals surface area contributed by atoms with Crippen LogP contribution in [-0.4, -0.2) is 44.2 Å². The van der Waals surface area contributed by atoms with Gasteiger partial charge in [0.25, 0.3) is 5.91 Å². The highest BCUT2D eigenvalue weighted by atomic mass is 35.5. The molecule has 40 heavy (non-hydrogen) atoms. The minimum Gasteiger partial charge on any atom is -0.393 e. The number of ether oxygens (including phenoxy) is 1. The minimum atomic E-state index is -1.67. The number of amides is 1. The molecular formula is C30H30ClFN4O4. The SMILES string of the molecule is CCC(O)(c1cc(F)c2c(c1)C(=O)N(Cc1ncc(C#N)cn1)[C@@]2(OC)c1ccc(Cl)cc1)[C@H]1CC[C@H](O)CC1. The van der Waals surface area contributed by atoms with Crippen molar-refractivity contribution >= 4 is 17.5 Å². The molecule has 1 amide bonds. The fourth-order valence-corrected chi connectivity index (χ4v) is 6.33. The van der Waals surface area contributed by atoms with E-state index in [1.165, 1.54) is 30.5 Å². The molecule has 0 spiro atoms. The second kappa shape index (κ2) is 10.9. The van der Waals surface area contributed by atoms with Gasteiger partial charge in [0.2, 0.25) is 0 Å². The van der Waals surface area contributed by atoms with Crippen LogP contribution in [0.5, 0.6) is 0 Å². The number of carbonyl (C=O) groups is 1. The maximum Gasteiger partial charge on any atom is 0.257 e. The molecule has 2 atom stereocenters. The predicted molar refractivity (Wildman–Crippen MR) is 144 cm³/mol. The number of carbonyl (C=O) groups excluding carboxylic acids is 1. The Morgan fingerprint density at radius 1 is 1.20 bits per heavy atom.